The number of aromatic nitrogens is 4. The van der Waals surface area contributed by atoms with Gasteiger partial charge < -0.3 is 30.1 Å². The average Bonchev–Trinajstić information content (AvgIpc) is 3.47. The van der Waals surface area contributed by atoms with Gasteiger partial charge in [-0.2, -0.15) is 9.97 Å². The number of nitrogen functional groups attached to an aromatic ring is 1. The molecule has 0 bridgehead atoms. The Morgan fingerprint density at radius 2 is 1.86 bits per heavy atom. The summed E-state index contributed by atoms with van der Waals surface area (Å²) in [6.07, 6.45) is -3.50. The van der Waals surface area contributed by atoms with Crippen LogP contribution >= 0.6 is 8.18 Å². The van der Waals surface area contributed by atoms with Crippen molar-refractivity contribution in [2.45, 2.75) is 77.5 Å². The fourth-order valence-electron chi connectivity index (χ4n) is 4.66. The van der Waals surface area contributed by atoms with Gasteiger partial charge in [0.2, 0.25) is 5.95 Å². The molecule has 1 aromatic carbocycles. The van der Waals surface area contributed by atoms with Crippen molar-refractivity contribution < 1.29 is 42.1 Å². The molecule has 3 aromatic rings. The highest BCUT2D eigenvalue weighted by atomic mass is 31.1. The predicted octanol–water partition coefficient (Wildman–Crippen LogP) is 3.85. The topological polar surface area (TPSA) is 167 Å². The number of aliphatic hydroxyl groups is 1. The van der Waals surface area contributed by atoms with E-state index in [9.17, 15) is 14.5 Å². The van der Waals surface area contributed by atoms with Gasteiger partial charge in [0.25, 0.3) is 5.85 Å². The smallest absolute Gasteiger partial charge is 0.462 e. The van der Waals surface area contributed by atoms with Gasteiger partial charge >= 0.3 is 14.1 Å². The van der Waals surface area contributed by atoms with Crippen molar-refractivity contribution in [1.82, 2.24) is 24.4 Å². The van der Waals surface area contributed by atoms with Gasteiger partial charge in [0.15, 0.2) is 53.4 Å². The van der Waals surface area contributed by atoms with Crippen molar-refractivity contribution in [2.24, 2.45) is 0 Å². The van der Waals surface area contributed by atoms with Crippen molar-refractivity contribution >= 4 is 37.1 Å². The molecule has 0 saturated carbocycles. The number of halogens is 2. The molecule has 3 heterocycles. The number of nitrogens with zero attached hydrogens (tertiary/aromatic N) is 6. The summed E-state index contributed by atoms with van der Waals surface area (Å²) in [6, 6.07) is 6.80. The highest BCUT2D eigenvalue weighted by molar-refractivity contribution is 7.36. The fourth-order valence-corrected chi connectivity index (χ4v) is 5.60. The molecular weight excluding hydrogens is 603 g/mol. The summed E-state index contributed by atoms with van der Waals surface area (Å²) in [4.78, 5) is 33.5. The first-order valence-corrected chi connectivity index (χ1v) is 15.2. The van der Waals surface area contributed by atoms with Crippen LogP contribution < -0.4 is 15.5 Å². The highest BCUT2D eigenvalue weighted by Crippen LogP contribution is 2.50. The van der Waals surface area contributed by atoms with Gasteiger partial charge in [-0.1, -0.05) is 18.2 Å². The highest BCUT2D eigenvalue weighted by Gasteiger charge is 2.66. The van der Waals surface area contributed by atoms with Crippen LogP contribution in [0.2, 0.25) is 0 Å². The molecule has 17 heteroatoms. The summed E-state index contributed by atoms with van der Waals surface area (Å²) < 4.78 is 62.6. The lowest BCUT2D eigenvalue weighted by molar-refractivity contribution is -0.203. The Hall–Kier alpha value is -3.56. The van der Waals surface area contributed by atoms with E-state index in [0.717, 1.165) is 11.5 Å². The molecule has 44 heavy (non-hydrogen) atoms. The molecule has 1 unspecified atom stereocenters. The largest absolute Gasteiger partial charge is 0.653 e. The third kappa shape index (κ3) is 6.59. The van der Waals surface area contributed by atoms with Gasteiger partial charge in [-0.15, -0.1) is 4.52 Å². The summed E-state index contributed by atoms with van der Waals surface area (Å²) in [5.74, 6) is -3.52. The van der Waals surface area contributed by atoms with Crippen LogP contribution in [0.3, 0.4) is 0 Å². The van der Waals surface area contributed by atoms with Crippen LogP contribution in [0, 0.1) is 0 Å². The zero-order valence-electron chi connectivity index (χ0n) is 25.3. The number of fused-ring (bicyclic) bond motifs is 1. The van der Waals surface area contributed by atoms with Crippen LogP contribution in [0.15, 0.2) is 36.7 Å². The maximum absolute atomic E-state index is 16.2. The zero-order valence-corrected chi connectivity index (χ0v) is 26.1. The Morgan fingerprint density at radius 1 is 1.20 bits per heavy atom. The van der Waals surface area contributed by atoms with E-state index in [1.165, 1.54) is 25.4 Å². The standard InChI is InChI=1S/C27H37F2N7O7P/c1-7-34(8-2)20-19-21(33-25(30)32-20)35(15-31-19)24-26(6,28)23(38)27(29,42-24)14-40-44(39)36(17(5)22(37)41-16(3)4)43-18-12-10-9-11-13-18/h9-13,15-17,23-24,38H,7-8,14H2,1-6H3,(H2,30,32,33)/q+1/t17-,23-,24+,26+,27+/m0/s1. The molecule has 1 fully saturated rings. The number of alkyl halides is 2. The van der Waals surface area contributed by atoms with Crippen molar-refractivity contribution in [3.05, 3.63) is 36.7 Å². The van der Waals surface area contributed by atoms with Crippen LogP contribution in [0.1, 0.15) is 47.8 Å². The summed E-state index contributed by atoms with van der Waals surface area (Å²) in [7, 11) is -3.13. The lowest BCUT2D eigenvalue weighted by Gasteiger charge is -2.25. The number of hydroxylamine groups is 1. The fraction of sp³-hybridized carbons (Fsp3) is 0.556. The Morgan fingerprint density at radius 3 is 2.48 bits per heavy atom. The second-order valence-electron chi connectivity index (χ2n) is 10.6. The number of esters is 1. The maximum Gasteiger partial charge on any atom is 0.653 e. The lowest BCUT2D eigenvalue weighted by atomic mass is 9.97. The molecule has 0 radical (unpaired) electrons. The Kier molecular flexibility index (Phi) is 10.0. The van der Waals surface area contributed by atoms with E-state index in [1.807, 2.05) is 18.7 Å². The molecule has 1 aliphatic rings. The minimum atomic E-state index is -3.20. The number of nitrogens with two attached hydrogens (primary N) is 1. The second kappa shape index (κ2) is 13.2. The van der Waals surface area contributed by atoms with E-state index in [-0.39, 0.29) is 22.9 Å². The third-order valence-electron chi connectivity index (χ3n) is 6.97. The number of carbonyl (C=O) groups is 1. The van der Waals surface area contributed by atoms with E-state index >= 15 is 8.78 Å². The molecule has 0 amide bonds. The molecule has 240 valence electrons. The molecule has 0 aliphatic carbocycles. The van der Waals surface area contributed by atoms with E-state index in [1.54, 1.807) is 32.0 Å². The Labute approximate surface area is 253 Å². The van der Waals surface area contributed by atoms with E-state index in [4.69, 9.17) is 24.6 Å². The first-order valence-electron chi connectivity index (χ1n) is 14.0. The molecule has 1 aliphatic heterocycles. The SMILES string of the molecule is CCN(CC)c1nc(N)nc2c1ncn2[C@@H]1O[C@](F)(CO[P+](=O)N(Oc2ccccc2)[C@@H](C)C(=O)OC(C)C)[C@@H](O)[C@@]1(C)F. The van der Waals surface area contributed by atoms with E-state index in [2.05, 4.69) is 15.0 Å². The third-order valence-corrected chi connectivity index (χ3v) is 8.07. The van der Waals surface area contributed by atoms with Crippen molar-refractivity contribution in [3.63, 3.8) is 0 Å². The summed E-state index contributed by atoms with van der Waals surface area (Å²) in [5, 5.41) is 10.8. The quantitative estimate of drug-likeness (QED) is 0.157. The molecule has 6 atom stereocenters. The Bertz CT molecular complexity index is 1480. The number of ether oxygens (including phenoxy) is 2. The first kappa shape index (κ1) is 33.3. The predicted molar refractivity (Wildman–Crippen MR) is 156 cm³/mol. The summed E-state index contributed by atoms with van der Waals surface area (Å²) in [6.45, 7) is 9.31. The van der Waals surface area contributed by atoms with Gasteiger partial charge in [-0.05, 0) is 58.2 Å². The molecule has 0 spiro atoms. The van der Waals surface area contributed by atoms with Crippen LogP contribution in [0.25, 0.3) is 11.2 Å². The van der Waals surface area contributed by atoms with Crippen molar-refractivity contribution in [2.75, 3.05) is 30.3 Å². The van der Waals surface area contributed by atoms with E-state index < -0.39 is 56.8 Å². The second-order valence-corrected chi connectivity index (χ2v) is 11.7. The summed E-state index contributed by atoms with van der Waals surface area (Å²) >= 11 is 0. The molecule has 3 N–H and O–H groups in total. The minimum absolute atomic E-state index is 0.0524. The number of benzene rings is 1. The van der Waals surface area contributed by atoms with Crippen LogP contribution in [-0.4, -0.2) is 84.9 Å². The number of hydrogen-bond acceptors (Lipinski definition) is 12. The monoisotopic (exact) mass is 640 g/mol. The molecule has 14 nitrogen and oxygen atoms in total. The van der Waals surface area contributed by atoms with Crippen molar-refractivity contribution in [1.29, 1.82) is 0 Å². The number of hydrogen-bond donors (Lipinski definition) is 2. The number of imidazole rings is 1. The number of para-hydroxylation sites is 1. The van der Waals surface area contributed by atoms with Gasteiger partial charge in [0.1, 0.15) is 4.83 Å². The number of anilines is 2. The van der Waals surface area contributed by atoms with Crippen molar-refractivity contribution in [3.8, 4) is 5.75 Å². The number of carbonyl (C=O) groups excluding carboxylic acids is 1. The Balaban J connectivity index is 1.59. The zero-order chi connectivity index (χ0) is 32.4. The minimum Gasteiger partial charge on any atom is -0.462 e. The van der Waals surface area contributed by atoms with E-state index in [0.29, 0.717) is 23.7 Å². The van der Waals surface area contributed by atoms with Gasteiger partial charge in [-0.3, -0.25) is 9.36 Å². The number of rotatable bonds is 13. The average molecular weight is 641 g/mol. The van der Waals surface area contributed by atoms with Gasteiger partial charge in [0.05, 0.1) is 12.4 Å². The lowest BCUT2D eigenvalue weighted by Crippen LogP contribution is -2.47. The van der Waals surface area contributed by atoms with Gasteiger partial charge in [-0.25, -0.2) is 13.8 Å². The number of aliphatic hydroxyl groups excluding tert-OH is 1. The maximum atomic E-state index is 16.2. The van der Waals surface area contributed by atoms with Gasteiger partial charge in [0, 0.05) is 13.1 Å². The molecule has 2 aromatic heterocycles. The van der Waals surface area contributed by atoms with Crippen LogP contribution in [0.5, 0.6) is 5.75 Å². The summed E-state index contributed by atoms with van der Waals surface area (Å²) in [5.41, 5.74) is 3.50. The normalized spacial score (nSPS) is 24.6. The van der Waals surface area contributed by atoms with Crippen LogP contribution in [-0.2, 0) is 23.4 Å². The molecular formula is C27H37F2N7O7P+. The molecule has 4 rings (SSSR count). The van der Waals surface area contributed by atoms with Crippen LogP contribution in [0.4, 0.5) is 20.5 Å². The molecule has 1 saturated heterocycles. The first-order chi connectivity index (χ1) is 20.7.